The molecule has 0 saturated carbocycles. The standard InChI is InChI=1S/C29H33NO2/c1-2-3-4-5-6-11-21-18-22-16-17-23(19-21)30(22)29(31)32-20-28-26-14-9-7-12-24(26)25-13-8-10-15-27(25)28/h2,7-10,12-15,18,22-23,28H,1,3-6,11,16-17,19-20H2. The fourth-order valence-corrected chi connectivity index (χ4v) is 5.87. The number of unbranched alkanes of at least 4 members (excludes halogenated alkanes) is 3. The Labute approximate surface area is 191 Å². The zero-order valence-corrected chi connectivity index (χ0v) is 18.8. The lowest BCUT2D eigenvalue weighted by atomic mass is 9.96. The quantitative estimate of drug-likeness (QED) is 0.328. The molecule has 1 saturated heterocycles. The van der Waals surface area contributed by atoms with Crippen LogP contribution in [0.15, 0.2) is 72.8 Å². The van der Waals surface area contributed by atoms with Crippen molar-refractivity contribution in [1.82, 2.24) is 4.90 Å². The smallest absolute Gasteiger partial charge is 0.410 e. The molecule has 2 heterocycles. The molecule has 1 fully saturated rings. The number of benzene rings is 2. The summed E-state index contributed by atoms with van der Waals surface area (Å²) in [7, 11) is 0. The van der Waals surface area contributed by atoms with Crippen LogP contribution in [-0.4, -0.2) is 29.7 Å². The van der Waals surface area contributed by atoms with E-state index in [9.17, 15) is 4.79 Å². The van der Waals surface area contributed by atoms with E-state index < -0.39 is 0 Å². The van der Waals surface area contributed by atoms with E-state index in [1.165, 1.54) is 47.9 Å². The average Bonchev–Trinajstić information content (AvgIpc) is 3.28. The lowest BCUT2D eigenvalue weighted by Crippen LogP contribution is -2.43. The van der Waals surface area contributed by atoms with Crippen molar-refractivity contribution in [2.45, 2.75) is 69.4 Å². The number of hydrogen-bond acceptors (Lipinski definition) is 2. The molecule has 166 valence electrons. The molecule has 2 aliphatic heterocycles. The minimum atomic E-state index is -0.138. The summed E-state index contributed by atoms with van der Waals surface area (Å²) >= 11 is 0. The lowest BCUT2D eigenvalue weighted by Gasteiger charge is -2.33. The Morgan fingerprint density at radius 3 is 2.41 bits per heavy atom. The van der Waals surface area contributed by atoms with Crippen molar-refractivity contribution < 1.29 is 9.53 Å². The summed E-state index contributed by atoms with van der Waals surface area (Å²) in [5.74, 6) is 0.121. The Hall–Kier alpha value is -2.81. The van der Waals surface area contributed by atoms with Crippen molar-refractivity contribution in [2.24, 2.45) is 0 Å². The van der Waals surface area contributed by atoms with Gasteiger partial charge in [-0.15, -0.1) is 6.58 Å². The topological polar surface area (TPSA) is 29.5 Å². The molecule has 3 heteroatoms. The highest BCUT2D eigenvalue weighted by Crippen LogP contribution is 2.45. The maximum absolute atomic E-state index is 13.1. The molecule has 1 amide bonds. The van der Waals surface area contributed by atoms with Crippen molar-refractivity contribution >= 4 is 6.09 Å². The zero-order valence-electron chi connectivity index (χ0n) is 18.8. The number of fused-ring (bicyclic) bond motifs is 5. The second-order valence-corrected chi connectivity index (χ2v) is 9.43. The van der Waals surface area contributed by atoms with Crippen molar-refractivity contribution in [1.29, 1.82) is 0 Å². The third kappa shape index (κ3) is 4.01. The molecule has 5 rings (SSSR count). The van der Waals surface area contributed by atoms with Gasteiger partial charge in [-0.25, -0.2) is 4.79 Å². The molecule has 1 aliphatic carbocycles. The number of amides is 1. The summed E-state index contributed by atoms with van der Waals surface area (Å²) in [6.07, 6.45) is 13.4. The third-order valence-electron chi connectivity index (χ3n) is 7.43. The van der Waals surface area contributed by atoms with E-state index in [2.05, 4.69) is 61.2 Å². The van der Waals surface area contributed by atoms with Crippen LogP contribution in [0.1, 0.15) is 68.4 Å². The second kappa shape index (κ2) is 9.36. The van der Waals surface area contributed by atoms with Gasteiger partial charge in [0.05, 0.1) is 6.04 Å². The van der Waals surface area contributed by atoms with Crippen LogP contribution in [0.4, 0.5) is 4.79 Å². The van der Waals surface area contributed by atoms with Gasteiger partial charge in [-0.05, 0) is 67.2 Å². The highest BCUT2D eigenvalue weighted by Gasteiger charge is 2.40. The molecular weight excluding hydrogens is 394 g/mol. The number of allylic oxidation sites excluding steroid dienone is 1. The SMILES string of the molecule is C=CCCCCCC1=CC2CCC(C1)N2C(=O)OCC1c2ccccc2-c2ccccc21. The Morgan fingerprint density at radius 1 is 1.00 bits per heavy atom. The maximum Gasteiger partial charge on any atom is 0.410 e. The first-order valence-corrected chi connectivity index (χ1v) is 12.2. The van der Waals surface area contributed by atoms with Crippen molar-refractivity contribution in [3.63, 3.8) is 0 Å². The summed E-state index contributed by atoms with van der Waals surface area (Å²) < 4.78 is 5.97. The first kappa shape index (κ1) is 21.1. The fourth-order valence-electron chi connectivity index (χ4n) is 5.87. The van der Waals surface area contributed by atoms with Crippen LogP contribution < -0.4 is 0 Å². The van der Waals surface area contributed by atoms with Gasteiger partial charge >= 0.3 is 6.09 Å². The van der Waals surface area contributed by atoms with Gasteiger partial charge in [0.1, 0.15) is 6.61 Å². The van der Waals surface area contributed by atoms with Gasteiger partial charge in [-0.1, -0.05) is 72.7 Å². The molecule has 3 nitrogen and oxygen atoms in total. The maximum atomic E-state index is 13.1. The zero-order chi connectivity index (χ0) is 21.9. The number of carbonyl (C=O) groups is 1. The summed E-state index contributed by atoms with van der Waals surface area (Å²) in [5, 5.41) is 0. The first-order chi connectivity index (χ1) is 15.8. The van der Waals surface area contributed by atoms with Gasteiger partial charge in [0.2, 0.25) is 0 Å². The molecule has 0 N–H and O–H groups in total. The normalized spacial score (nSPS) is 21.1. The van der Waals surface area contributed by atoms with Crippen molar-refractivity contribution in [3.05, 3.63) is 84.0 Å². The number of ether oxygens (including phenoxy) is 1. The molecular formula is C29H33NO2. The van der Waals surface area contributed by atoms with E-state index >= 15 is 0 Å². The monoisotopic (exact) mass is 427 g/mol. The number of carbonyl (C=O) groups excluding carboxylic acids is 1. The Bertz CT molecular complexity index is 978. The number of rotatable bonds is 8. The van der Waals surface area contributed by atoms with Crippen LogP contribution in [0.3, 0.4) is 0 Å². The van der Waals surface area contributed by atoms with Crippen LogP contribution in [-0.2, 0) is 4.74 Å². The molecule has 2 aromatic rings. The molecule has 3 aliphatic rings. The highest BCUT2D eigenvalue weighted by atomic mass is 16.6. The number of nitrogens with zero attached hydrogens (tertiary/aromatic N) is 1. The predicted molar refractivity (Wildman–Crippen MR) is 130 cm³/mol. The van der Waals surface area contributed by atoms with Gasteiger partial charge in [-0.3, -0.25) is 4.90 Å². The van der Waals surface area contributed by atoms with Crippen LogP contribution in [0.25, 0.3) is 11.1 Å². The minimum Gasteiger partial charge on any atom is -0.448 e. The van der Waals surface area contributed by atoms with Gasteiger partial charge in [0.25, 0.3) is 0 Å². The fraction of sp³-hybridized carbons (Fsp3) is 0.414. The van der Waals surface area contributed by atoms with E-state index in [4.69, 9.17) is 4.74 Å². The molecule has 0 aromatic heterocycles. The van der Waals surface area contributed by atoms with Crippen LogP contribution in [0.5, 0.6) is 0 Å². The third-order valence-corrected chi connectivity index (χ3v) is 7.43. The van der Waals surface area contributed by atoms with Crippen LogP contribution in [0.2, 0.25) is 0 Å². The van der Waals surface area contributed by atoms with E-state index in [1.807, 2.05) is 11.0 Å². The van der Waals surface area contributed by atoms with Gasteiger partial charge in [0.15, 0.2) is 0 Å². The van der Waals surface area contributed by atoms with E-state index in [1.54, 1.807) is 5.57 Å². The molecule has 0 radical (unpaired) electrons. The van der Waals surface area contributed by atoms with Gasteiger partial charge in [-0.2, -0.15) is 0 Å². The molecule has 2 aromatic carbocycles. The van der Waals surface area contributed by atoms with E-state index in [-0.39, 0.29) is 18.1 Å². The summed E-state index contributed by atoms with van der Waals surface area (Å²) in [6, 6.07) is 17.5. The molecule has 0 spiro atoms. The van der Waals surface area contributed by atoms with Crippen LogP contribution >= 0.6 is 0 Å². The predicted octanol–water partition coefficient (Wildman–Crippen LogP) is 7.24. The largest absolute Gasteiger partial charge is 0.448 e. The van der Waals surface area contributed by atoms with Crippen LogP contribution in [0, 0.1) is 0 Å². The lowest BCUT2D eigenvalue weighted by molar-refractivity contribution is 0.0848. The van der Waals surface area contributed by atoms with Crippen molar-refractivity contribution in [2.75, 3.05) is 6.61 Å². The second-order valence-electron chi connectivity index (χ2n) is 9.43. The molecule has 2 unspecified atom stereocenters. The molecule has 2 bridgehead atoms. The van der Waals surface area contributed by atoms with Gasteiger partial charge < -0.3 is 4.74 Å². The van der Waals surface area contributed by atoms with E-state index in [0.717, 1.165) is 25.7 Å². The first-order valence-electron chi connectivity index (χ1n) is 12.2. The highest BCUT2D eigenvalue weighted by molar-refractivity contribution is 5.79. The van der Waals surface area contributed by atoms with E-state index in [0.29, 0.717) is 12.6 Å². The van der Waals surface area contributed by atoms with Crippen molar-refractivity contribution in [3.8, 4) is 11.1 Å². The summed E-state index contributed by atoms with van der Waals surface area (Å²) in [5.41, 5.74) is 6.60. The Kier molecular flexibility index (Phi) is 6.16. The summed E-state index contributed by atoms with van der Waals surface area (Å²) in [6.45, 7) is 4.21. The Morgan fingerprint density at radius 2 is 1.72 bits per heavy atom. The molecule has 2 atom stereocenters. The molecule has 32 heavy (non-hydrogen) atoms. The average molecular weight is 428 g/mol. The Balaban J connectivity index is 1.22. The minimum absolute atomic E-state index is 0.121. The summed E-state index contributed by atoms with van der Waals surface area (Å²) in [4.78, 5) is 15.2. The number of hydrogen-bond donors (Lipinski definition) is 0. The van der Waals surface area contributed by atoms with Gasteiger partial charge in [0, 0.05) is 12.0 Å².